The zero-order valence-corrected chi connectivity index (χ0v) is 21.0. The molecule has 2 atom stereocenters. The van der Waals surface area contributed by atoms with Crippen molar-refractivity contribution < 1.29 is 33.6 Å². The van der Waals surface area contributed by atoms with Crippen molar-refractivity contribution in [2.24, 2.45) is 0 Å². The largest absolute Gasteiger partial charge is 0.489 e. The van der Waals surface area contributed by atoms with Gasteiger partial charge in [-0.1, -0.05) is 60.7 Å². The minimum absolute atomic E-state index is 0.0939. The Morgan fingerprint density at radius 3 is 2.03 bits per heavy atom. The van der Waals surface area contributed by atoms with Crippen LogP contribution in [0.2, 0.25) is 0 Å². The number of hydrogen-bond acceptors (Lipinski definition) is 7. The van der Waals surface area contributed by atoms with Crippen LogP contribution in [0, 0.1) is 6.92 Å². The molecule has 7 nitrogen and oxygen atoms in total. The normalized spacial score (nSPS) is 13.2. The first-order chi connectivity index (χ1) is 17.2. The highest BCUT2D eigenvalue weighted by atomic mass is 16.6. The lowest BCUT2D eigenvalue weighted by molar-refractivity contribution is -0.173. The number of carbonyl (C=O) groups excluding carboxylic acids is 2. The Morgan fingerprint density at radius 1 is 0.917 bits per heavy atom. The third-order valence-corrected chi connectivity index (χ3v) is 5.73. The molecule has 190 valence electrons. The van der Waals surface area contributed by atoms with Gasteiger partial charge in [0.05, 0.1) is 6.61 Å². The molecular weight excluding hydrogens is 460 g/mol. The second kappa shape index (κ2) is 12.2. The summed E-state index contributed by atoms with van der Waals surface area (Å²) < 4.78 is 22.4. The van der Waals surface area contributed by atoms with Crippen LogP contribution in [0.15, 0.2) is 72.8 Å². The fourth-order valence-electron chi connectivity index (χ4n) is 3.44. The summed E-state index contributed by atoms with van der Waals surface area (Å²) in [6.45, 7) is 6.73. The molecular formula is C29H32O7. The molecule has 3 rings (SSSR count). The van der Waals surface area contributed by atoms with Gasteiger partial charge in [0.2, 0.25) is 0 Å². The molecule has 0 aromatic heterocycles. The summed E-state index contributed by atoms with van der Waals surface area (Å²) in [5, 5.41) is 10.6. The van der Waals surface area contributed by atoms with Crippen LogP contribution >= 0.6 is 0 Å². The average molecular weight is 493 g/mol. The molecule has 0 radical (unpaired) electrons. The summed E-state index contributed by atoms with van der Waals surface area (Å²) in [4.78, 5) is 25.4. The van der Waals surface area contributed by atoms with E-state index < -0.39 is 23.6 Å². The van der Waals surface area contributed by atoms with Crippen molar-refractivity contribution in [3.8, 4) is 11.5 Å². The second-order valence-electron chi connectivity index (χ2n) is 8.58. The lowest BCUT2D eigenvalue weighted by Gasteiger charge is -2.28. The van der Waals surface area contributed by atoms with Gasteiger partial charge >= 0.3 is 11.9 Å². The zero-order valence-electron chi connectivity index (χ0n) is 21.0. The van der Waals surface area contributed by atoms with E-state index in [1.807, 2.05) is 60.7 Å². The van der Waals surface area contributed by atoms with Crippen LogP contribution in [0.25, 0.3) is 0 Å². The molecule has 0 aliphatic heterocycles. The molecule has 0 amide bonds. The van der Waals surface area contributed by atoms with Crippen LogP contribution in [0.3, 0.4) is 0 Å². The number of esters is 2. The van der Waals surface area contributed by atoms with Crippen molar-refractivity contribution in [1.29, 1.82) is 0 Å². The minimum atomic E-state index is -2.01. The predicted molar refractivity (Wildman–Crippen MR) is 135 cm³/mol. The van der Waals surface area contributed by atoms with E-state index in [-0.39, 0.29) is 24.5 Å². The first kappa shape index (κ1) is 26.8. The SMILES string of the molecule is CCOC(=O)[C@@](C)(O)[C@H](C)OC(=O)c1c(C)cc(OCc2ccccc2)cc1OCc1ccccc1. The van der Waals surface area contributed by atoms with Crippen molar-refractivity contribution >= 4 is 11.9 Å². The number of aryl methyl sites for hydroxylation is 1. The lowest BCUT2D eigenvalue weighted by atomic mass is 10.0. The number of ether oxygens (including phenoxy) is 4. The molecule has 0 saturated heterocycles. The quantitative estimate of drug-likeness (QED) is 0.376. The number of carbonyl (C=O) groups is 2. The maximum absolute atomic E-state index is 13.2. The van der Waals surface area contributed by atoms with Gasteiger partial charge in [-0.05, 0) is 50.5 Å². The Balaban J connectivity index is 1.86. The fraction of sp³-hybridized carbons (Fsp3) is 0.310. The van der Waals surface area contributed by atoms with E-state index in [2.05, 4.69) is 0 Å². The molecule has 1 N–H and O–H groups in total. The summed E-state index contributed by atoms with van der Waals surface area (Å²) in [5.74, 6) is -0.799. The highest BCUT2D eigenvalue weighted by molar-refractivity contribution is 5.95. The van der Waals surface area contributed by atoms with Crippen molar-refractivity contribution in [3.63, 3.8) is 0 Å². The summed E-state index contributed by atoms with van der Waals surface area (Å²) in [5.41, 5.74) is 0.661. The highest BCUT2D eigenvalue weighted by Crippen LogP contribution is 2.32. The van der Waals surface area contributed by atoms with Crippen LogP contribution in [0.1, 0.15) is 47.8 Å². The smallest absolute Gasteiger partial charge is 0.342 e. The Labute approximate surface area is 211 Å². The van der Waals surface area contributed by atoms with Gasteiger partial charge in [0, 0.05) is 6.07 Å². The van der Waals surface area contributed by atoms with Gasteiger partial charge in [-0.25, -0.2) is 9.59 Å². The molecule has 0 bridgehead atoms. The summed E-state index contributed by atoms with van der Waals surface area (Å²) in [7, 11) is 0. The molecule has 0 saturated carbocycles. The van der Waals surface area contributed by atoms with Crippen LogP contribution in [-0.2, 0) is 27.5 Å². The molecule has 0 fully saturated rings. The van der Waals surface area contributed by atoms with Gasteiger partial charge in [0.25, 0.3) is 0 Å². The van der Waals surface area contributed by atoms with E-state index in [0.29, 0.717) is 17.9 Å². The van der Waals surface area contributed by atoms with Gasteiger partial charge in [0.15, 0.2) is 5.60 Å². The Kier molecular flexibility index (Phi) is 9.08. The molecule has 36 heavy (non-hydrogen) atoms. The van der Waals surface area contributed by atoms with E-state index >= 15 is 0 Å². The second-order valence-corrected chi connectivity index (χ2v) is 8.58. The third kappa shape index (κ3) is 6.86. The Morgan fingerprint density at radius 2 is 1.47 bits per heavy atom. The summed E-state index contributed by atoms with van der Waals surface area (Å²) >= 11 is 0. The van der Waals surface area contributed by atoms with Crippen LogP contribution in [-0.4, -0.2) is 35.4 Å². The van der Waals surface area contributed by atoms with Crippen LogP contribution < -0.4 is 9.47 Å². The van der Waals surface area contributed by atoms with Gasteiger partial charge in [-0.2, -0.15) is 0 Å². The number of rotatable bonds is 11. The molecule has 0 heterocycles. The van der Waals surface area contributed by atoms with E-state index in [1.54, 1.807) is 26.0 Å². The average Bonchev–Trinajstić information content (AvgIpc) is 2.87. The number of hydrogen-bond donors (Lipinski definition) is 1. The lowest BCUT2D eigenvalue weighted by Crippen LogP contribution is -2.48. The van der Waals surface area contributed by atoms with Gasteiger partial charge in [-0.3, -0.25) is 0 Å². The maximum atomic E-state index is 13.2. The minimum Gasteiger partial charge on any atom is -0.489 e. The molecule has 3 aromatic carbocycles. The molecule has 0 aliphatic rings. The first-order valence-corrected chi connectivity index (χ1v) is 11.8. The Bertz CT molecular complexity index is 1160. The maximum Gasteiger partial charge on any atom is 0.342 e. The number of benzene rings is 3. The monoisotopic (exact) mass is 492 g/mol. The van der Waals surface area contributed by atoms with E-state index in [0.717, 1.165) is 11.1 Å². The highest BCUT2D eigenvalue weighted by Gasteiger charge is 2.41. The molecule has 7 heteroatoms. The molecule has 0 unspecified atom stereocenters. The van der Waals surface area contributed by atoms with Gasteiger partial charge < -0.3 is 24.1 Å². The summed E-state index contributed by atoms with van der Waals surface area (Å²) in [6, 6.07) is 22.6. The molecule has 0 aliphatic carbocycles. The molecule has 0 spiro atoms. The van der Waals surface area contributed by atoms with Crippen LogP contribution in [0.4, 0.5) is 0 Å². The third-order valence-electron chi connectivity index (χ3n) is 5.73. The van der Waals surface area contributed by atoms with Crippen molar-refractivity contribution in [2.45, 2.75) is 52.6 Å². The van der Waals surface area contributed by atoms with Crippen LogP contribution in [0.5, 0.6) is 11.5 Å². The first-order valence-electron chi connectivity index (χ1n) is 11.8. The van der Waals surface area contributed by atoms with E-state index in [9.17, 15) is 14.7 Å². The fourth-order valence-corrected chi connectivity index (χ4v) is 3.44. The Hall–Kier alpha value is -3.84. The van der Waals surface area contributed by atoms with E-state index in [1.165, 1.54) is 13.8 Å². The zero-order chi connectivity index (χ0) is 26.1. The predicted octanol–water partition coefficient (Wildman–Crippen LogP) is 5.01. The van der Waals surface area contributed by atoms with Crippen molar-refractivity contribution in [3.05, 3.63) is 95.1 Å². The van der Waals surface area contributed by atoms with Crippen molar-refractivity contribution in [2.75, 3.05) is 6.61 Å². The van der Waals surface area contributed by atoms with Crippen molar-refractivity contribution in [1.82, 2.24) is 0 Å². The van der Waals surface area contributed by atoms with Gasteiger partial charge in [-0.15, -0.1) is 0 Å². The topological polar surface area (TPSA) is 91.3 Å². The molecule has 3 aromatic rings. The number of aliphatic hydroxyl groups is 1. The summed E-state index contributed by atoms with van der Waals surface area (Å²) in [6.07, 6.45) is -1.17. The van der Waals surface area contributed by atoms with Gasteiger partial charge in [0.1, 0.15) is 36.4 Å². The standard InChI is InChI=1S/C29H32O7/c1-5-33-28(31)29(4,32)21(3)36-27(30)26-20(2)16-24(34-18-22-12-8-6-9-13-22)17-25(26)35-19-23-14-10-7-11-15-23/h6-17,21,32H,5,18-19H2,1-4H3/t21-,29-/m0/s1. The van der Waals surface area contributed by atoms with E-state index in [4.69, 9.17) is 18.9 Å².